The van der Waals surface area contributed by atoms with Crippen LogP contribution < -0.4 is 15.6 Å². The van der Waals surface area contributed by atoms with Crippen LogP contribution in [0.1, 0.15) is 116 Å². The summed E-state index contributed by atoms with van der Waals surface area (Å²) in [5.74, 6) is -4.49. The SMILES string of the molecule is Cc1cc(C2(F)CCC(F)(F)CC2)nc2nc([C@H](Cc3cc(F)cc(F)c3)NC(=O)Cn3nc(C4CC4)c4c3C[C@@H]3C[C@H]43)n(-c3ccc(Cl)c4c(NS(C)(=O)=O)nn(CCN5C[C@@H](C)O[C@@H](C)C5)c34)c(=O)c12. The molecule has 2 aromatic carbocycles. The standard InChI is InChI=1S/C50H54ClF5N10O5S/c1-25-15-38(49(54)9-11-50(55,56)12-10-49)58-45-40(25)48(68)66(36-8-7-34(51)42-44(36)64(61-46(42)62-72(4,69)70)14-13-63-22-26(2)71-27(3)23-63)47(59-45)35(18-28-16-31(52)21-32(53)17-28)57-39(67)24-65-37-20-30-19-33(30)41(37)43(60-65)29-5-6-29/h7-8,15-17,21,26-27,29-30,33,35H,5-6,9-14,18-20,22-24H2,1-4H3,(H,57,67)(H,61,62)/t26-,27+,30-,33-,35-/m0/s1. The van der Waals surface area contributed by atoms with Crippen LogP contribution in [0.25, 0.3) is 27.6 Å². The molecule has 1 aliphatic heterocycles. The molecule has 6 aromatic rings. The highest BCUT2D eigenvalue weighted by molar-refractivity contribution is 7.92. The molecule has 2 N–H and O–H groups in total. The van der Waals surface area contributed by atoms with Gasteiger partial charge in [0.05, 0.1) is 69.4 Å². The summed E-state index contributed by atoms with van der Waals surface area (Å²) in [6.45, 7) is 6.99. The molecule has 4 aliphatic carbocycles. The van der Waals surface area contributed by atoms with Crippen molar-refractivity contribution in [2.75, 3.05) is 30.6 Å². The minimum absolute atomic E-state index is 0.0759. The van der Waals surface area contributed by atoms with Gasteiger partial charge in [0.25, 0.3) is 5.56 Å². The predicted molar refractivity (Wildman–Crippen MR) is 259 cm³/mol. The quantitative estimate of drug-likeness (QED) is 0.102. The highest BCUT2D eigenvalue weighted by Gasteiger charge is 2.51. The number of aryl methyl sites for hydroxylation is 1. The summed E-state index contributed by atoms with van der Waals surface area (Å²) in [6, 6.07) is 5.86. The van der Waals surface area contributed by atoms with Crippen LogP contribution in [0.15, 0.2) is 41.2 Å². The Hall–Kier alpha value is -5.51. The number of carbonyl (C=O) groups excluding carboxylic acids is 1. The number of nitrogens with one attached hydrogen (secondary N) is 2. The van der Waals surface area contributed by atoms with Gasteiger partial charge >= 0.3 is 0 Å². The first kappa shape index (κ1) is 48.7. The van der Waals surface area contributed by atoms with E-state index in [0.717, 1.165) is 55.5 Å². The summed E-state index contributed by atoms with van der Waals surface area (Å²) >= 11 is 6.95. The Kier molecular flexibility index (Phi) is 12.1. The molecule has 72 heavy (non-hydrogen) atoms. The first-order valence-corrected chi connectivity index (χ1v) is 26.8. The Morgan fingerprint density at radius 2 is 1.65 bits per heavy atom. The van der Waals surface area contributed by atoms with Crippen LogP contribution in [0.4, 0.5) is 27.8 Å². The number of anilines is 1. The van der Waals surface area contributed by atoms with Crippen LogP contribution in [-0.2, 0) is 51.2 Å². The second-order valence-corrected chi connectivity index (χ2v) is 22.9. The van der Waals surface area contributed by atoms with Gasteiger partial charge in [-0.15, -0.1) is 0 Å². The molecule has 15 nitrogen and oxygen atoms in total. The predicted octanol–water partition coefficient (Wildman–Crippen LogP) is 8.06. The first-order chi connectivity index (χ1) is 34.1. The molecular weight excluding hydrogens is 983 g/mol. The molecule has 382 valence electrons. The Morgan fingerprint density at radius 3 is 2.33 bits per heavy atom. The monoisotopic (exact) mass is 1040 g/mol. The Labute approximate surface area is 416 Å². The number of pyridine rings is 1. The average molecular weight is 1040 g/mol. The lowest BCUT2D eigenvalue weighted by atomic mass is 9.81. The zero-order valence-corrected chi connectivity index (χ0v) is 41.7. The van der Waals surface area contributed by atoms with Gasteiger partial charge in [-0.2, -0.15) is 10.2 Å². The third-order valence-electron chi connectivity index (χ3n) is 14.9. The van der Waals surface area contributed by atoms with E-state index in [9.17, 15) is 22.0 Å². The van der Waals surface area contributed by atoms with Gasteiger partial charge in [-0.3, -0.25) is 33.1 Å². The lowest BCUT2D eigenvalue weighted by Gasteiger charge is -2.35. The van der Waals surface area contributed by atoms with Gasteiger partial charge in [0, 0.05) is 62.1 Å². The fraction of sp³-hybridized carbons (Fsp3) is 0.520. The molecule has 5 atom stereocenters. The van der Waals surface area contributed by atoms with Crippen molar-refractivity contribution in [3.8, 4) is 5.69 Å². The summed E-state index contributed by atoms with van der Waals surface area (Å²) in [7, 11) is -3.96. The number of fused-ring (bicyclic) bond motifs is 5. The molecule has 0 bridgehead atoms. The van der Waals surface area contributed by atoms with Gasteiger partial charge in [0.1, 0.15) is 24.0 Å². The van der Waals surface area contributed by atoms with Crippen molar-refractivity contribution in [3.05, 3.63) is 103 Å². The molecule has 0 unspecified atom stereocenters. The highest BCUT2D eigenvalue weighted by atomic mass is 35.5. The summed E-state index contributed by atoms with van der Waals surface area (Å²) in [5, 5.41) is 12.8. The Balaban J connectivity index is 1.11. The van der Waals surface area contributed by atoms with Crippen molar-refractivity contribution in [2.24, 2.45) is 5.92 Å². The molecule has 22 heteroatoms. The number of aromatic nitrogens is 7. The number of alkyl halides is 3. The lowest BCUT2D eigenvalue weighted by molar-refractivity contribution is -0.122. The summed E-state index contributed by atoms with van der Waals surface area (Å²) in [6.07, 6.45) is 1.86. The molecule has 0 spiro atoms. The van der Waals surface area contributed by atoms with Crippen molar-refractivity contribution >= 4 is 55.3 Å². The van der Waals surface area contributed by atoms with E-state index in [2.05, 4.69) is 19.9 Å². The molecule has 4 aromatic heterocycles. The van der Waals surface area contributed by atoms with Crippen molar-refractivity contribution in [1.82, 2.24) is 44.3 Å². The molecule has 1 saturated heterocycles. The minimum Gasteiger partial charge on any atom is -0.373 e. The lowest BCUT2D eigenvalue weighted by Crippen LogP contribution is -2.46. The number of ether oxygens (including phenoxy) is 1. The molecule has 5 heterocycles. The number of amides is 1. The zero-order chi connectivity index (χ0) is 50.8. The van der Waals surface area contributed by atoms with Crippen LogP contribution in [0.2, 0.25) is 5.02 Å². The fourth-order valence-electron chi connectivity index (χ4n) is 11.5. The number of halogens is 6. The van der Waals surface area contributed by atoms with E-state index in [1.165, 1.54) is 33.0 Å². The van der Waals surface area contributed by atoms with E-state index in [0.29, 0.717) is 43.5 Å². The van der Waals surface area contributed by atoms with E-state index in [1.54, 1.807) is 11.6 Å². The van der Waals surface area contributed by atoms with Crippen LogP contribution in [-0.4, -0.2) is 97.3 Å². The minimum atomic E-state index is -3.96. The van der Waals surface area contributed by atoms with Crippen LogP contribution in [0, 0.1) is 24.5 Å². The van der Waals surface area contributed by atoms with Gasteiger partial charge in [0.2, 0.25) is 21.9 Å². The third kappa shape index (κ3) is 9.38. The number of rotatable bonds is 14. The zero-order valence-electron chi connectivity index (χ0n) is 40.1. The summed E-state index contributed by atoms with van der Waals surface area (Å²) < 4.78 is 115. The highest BCUT2D eigenvalue weighted by Crippen LogP contribution is 2.60. The van der Waals surface area contributed by atoms with Crippen molar-refractivity contribution in [1.29, 1.82) is 0 Å². The van der Waals surface area contributed by atoms with Crippen molar-refractivity contribution in [2.45, 2.75) is 133 Å². The molecule has 4 fully saturated rings. The van der Waals surface area contributed by atoms with Crippen LogP contribution in [0.3, 0.4) is 0 Å². The van der Waals surface area contributed by atoms with Crippen LogP contribution >= 0.6 is 11.6 Å². The topological polar surface area (TPSA) is 171 Å². The maximum atomic E-state index is 16.9. The van der Waals surface area contributed by atoms with E-state index in [4.69, 9.17) is 31.5 Å². The van der Waals surface area contributed by atoms with Gasteiger partial charge in [-0.05, 0) is 113 Å². The van der Waals surface area contributed by atoms with Gasteiger partial charge < -0.3 is 10.1 Å². The van der Waals surface area contributed by atoms with E-state index in [1.807, 2.05) is 13.8 Å². The molecule has 11 rings (SSSR count). The number of sulfonamides is 1. The number of hydrogen-bond acceptors (Lipinski definition) is 10. The van der Waals surface area contributed by atoms with Crippen LogP contribution in [0.5, 0.6) is 0 Å². The van der Waals surface area contributed by atoms with Gasteiger partial charge in [-0.1, -0.05) is 11.6 Å². The van der Waals surface area contributed by atoms with E-state index < -0.39 is 76.4 Å². The average Bonchev–Trinajstić information content (AvgIpc) is 4.18. The fourth-order valence-corrected chi connectivity index (χ4v) is 12.2. The second kappa shape index (κ2) is 17.9. The Bertz CT molecular complexity index is 3340. The first-order valence-electron chi connectivity index (χ1n) is 24.5. The number of carbonyl (C=O) groups is 1. The molecule has 1 amide bonds. The van der Waals surface area contributed by atoms with E-state index in [-0.39, 0.29) is 92.8 Å². The number of benzene rings is 2. The number of hydrogen-bond donors (Lipinski definition) is 2. The summed E-state index contributed by atoms with van der Waals surface area (Å²) in [5.41, 5.74) is 0.332. The smallest absolute Gasteiger partial charge is 0.268 e. The van der Waals surface area contributed by atoms with Gasteiger partial charge in [0.15, 0.2) is 17.1 Å². The second-order valence-electron chi connectivity index (χ2n) is 20.8. The molecule has 0 radical (unpaired) electrons. The Morgan fingerprint density at radius 1 is 0.944 bits per heavy atom. The maximum Gasteiger partial charge on any atom is 0.268 e. The molecule has 5 aliphatic rings. The number of morpholine rings is 1. The van der Waals surface area contributed by atoms with Gasteiger partial charge in [-0.25, -0.2) is 40.3 Å². The summed E-state index contributed by atoms with van der Waals surface area (Å²) in [4.78, 5) is 42.1. The molecular formula is C50H54ClF5N10O5S. The van der Waals surface area contributed by atoms with Crippen molar-refractivity contribution < 1.29 is 39.9 Å². The largest absolute Gasteiger partial charge is 0.373 e. The molecule has 3 saturated carbocycles. The number of nitrogens with zero attached hydrogens (tertiary/aromatic N) is 8. The van der Waals surface area contributed by atoms with Crippen molar-refractivity contribution in [3.63, 3.8) is 0 Å². The third-order valence-corrected chi connectivity index (χ3v) is 15.8. The van der Waals surface area contributed by atoms with E-state index >= 15 is 18.0 Å². The maximum absolute atomic E-state index is 16.9. The normalized spacial score (nSPS) is 23.0.